The van der Waals surface area contributed by atoms with Crippen LogP contribution in [-0.2, 0) is 26.1 Å². The molecule has 1 atom stereocenters. The molecule has 0 amide bonds. The Hall–Kier alpha value is -1.06. The highest BCUT2D eigenvalue weighted by Gasteiger charge is 2.36. The first-order chi connectivity index (χ1) is 9.51. The summed E-state index contributed by atoms with van der Waals surface area (Å²) in [5.74, 6) is 0. The number of ether oxygens (including phenoxy) is 2. The van der Waals surface area contributed by atoms with Gasteiger partial charge >= 0.3 is 0 Å². The normalized spacial score (nSPS) is 23.1. The predicted octanol–water partition coefficient (Wildman–Crippen LogP) is -0.342. The Morgan fingerprint density at radius 2 is 2.35 bits per heavy atom. The van der Waals surface area contributed by atoms with Gasteiger partial charge in [-0.3, -0.25) is 0 Å². The van der Waals surface area contributed by atoms with Gasteiger partial charge < -0.3 is 14.6 Å². The zero-order chi connectivity index (χ0) is 14.6. The fourth-order valence-electron chi connectivity index (χ4n) is 1.92. The highest BCUT2D eigenvalue weighted by Crippen LogP contribution is 2.22. The molecule has 1 unspecified atom stereocenters. The first-order valence-electron chi connectivity index (χ1n) is 6.20. The van der Waals surface area contributed by atoms with Crippen molar-refractivity contribution in [2.24, 2.45) is 0 Å². The number of hydrogen-bond acceptors (Lipinski definition) is 6. The largest absolute Gasteiger partial charge is 0.392 e. The van der Waals surface area contributed by atoms with Crippen molar-refractivity contribution in [3.05, 3.63) is 23.9 Å². The molecular weight excluding hydrogens is 284 g/mol. The first-order valence-corrected chi connectivity index (χ1v) is 7.68. The van der Waals surface area contributed by atoms with Crippen LogP contribution >= 0.6 is 0 Å². The monoisotopic (exact) mass is 302 g/mol. The fraction of sp³-hybridized carbons (Fsp3) is 0.583. The van der Waals surface area contributed by atoms with Gasteiger partial charge in [0.25, 0.3) is 10.0 Å². The molecule has 2 N–H and O–H groups in total. The van der Waals surface area contributed by atoms with Gasteiger partial charge in [-0.05, 0) is 11.6 Å². The number of methoxy groups -OCH3 is 1. The van der Waals surface area contributed by atoms with Gasteiger partial charge in [-0.1, -0.05) is 6.07 Å². The van der Waals surface area contributed by atoms with Crippen molar-refractivity contribution in [3.63, 3.8) is 0 Å². The van der Waals surface area contributed by atoms with Crippen LogP contribution in [0.15, 0.2) is 23.4 Å². The maximum Gasteiger partial charge on any atom is 0.258 e. The minimum atomic E-state index is -3.70. The molecule has 2 rings (SSSR count). The smallest absolute Gasteiger partial charge is 0.258 e. The minimum Gasteiger partial charge on any atom is -0.392 e. The van der Waals surface area contributed by atoms with E-state index in [9.17, 15) is 8.42 Å². The van der Waals surface area contributed by atoms with Crippen LogP contribution in [0.2, 0.25) is 0 Å². The summed E-state index contributed by atoms with van der Waals surface area (Å²) in [4.78, 5) is 3.83. The van der Waals surface area contributed by atoms with Crippen molar-refractivity contribution in [1.82, 2.24) is 9.71 Å². The van der Waals surface area contributed by atoms with Crippen LogP contribution < -0.4 is 4.72 Å². The second-order valence-electron chi connectivity index (χ2n) is 4.68. The summed E-state index contributed by atoms with van der Waals surface area (Å²) >= 11 is 0. The average molecular weight is 302 g/mol. The third-order valence-corrected chi connectivity index (χ3v) is 4.66. The molecule has 112 valence electrons. The van der Waals surface area contributed by atoms with Crippen LogP contribution in [0.1, 0.15) is 12.0 Å². The maximum absolute atomic E-state index is 12.1. The Labute approximate surface area is 118 Å². The molecule has 2 heterocycles. The quantitative estimate of drug-likeness (QED) is 0.746. The molecule has 1 fully saturated rings. The molecule has 1 aromatic rings. The molecular formula is C12H18N2O5S. The molecule has 0 spiro atoms. The van der Waals surface area contributed by atoms with E-state index < -0.39 is 15.6 Å². The lowest BCUT2D eigenvalue weighted by Gasteiger charge is -2.25. The summed E-state index contributed by atoms with van der Waals surface area (Å²) in [6.45, 7) is 0.877. The third-order valence-electron chi connectivity index (χ3n) is 3.34. The van der Waals surface area contributed by atoms with E-state index in [0.717, 1.165) is 0 Å². The number of sulfonamides is 1. The standard InChI is InChI=1S/C12H18N2O5S/c1-18-12(4-5-19-9-12)8-14-20(16,17)11-3-2-10(7-15)6-13-11/h2-3,6,14-15H,4-5,7-9H2,1H3. The van der Waals surface area contributed by atoms with Crippen LogP contribution in [0.3, 0.4) is 0 Å². The maximum atomic E-state index is 12.1. The second kappa shape index (κ2) is 6.15. The molecule has 0 aromatic carbocycles. The molecule has 1 aliphatic rings. The number of hydrogen-bond donors (Lipinski definition) is 2. The van der Waals surface area contributed by atoms with Crippen LogP contribution in [0.5, 0.6) is 0 Å². The average Bonchev–Trinajstić information content (AvgIpc) is 2.95. The van der Waals surface area contributed by atoms with E-state index >= 15 is 0 Å². The molecule has 0 radical (unpaired) electrons. The molecule has 20 heavy (non-hydrogen) atoms. The Bertz CT molecular complexity index is 537. The van der Waals surface area contributed by atoms with E-state index in [4.69, 9.17) is 14.6 Å². The van der Waals surface area contributed by atoms with Crippen LogP contribution in [0, 0.1) is 0 Å². The Balaban J connectivity index is 2.06. The van der Waals surface area contributed by atoms with Crippen molar-refractivity contribution in [3.8, 4) is 0 Å². The van der Waals surface area contributed by atoms with Gasteiger partial charge in [0.05, 0.1) is 13.2 Å². The van der Waals surface area contributed by atoms with E-state index in [0.29, 0.717) is 25.2 Å². The van der Waals surface area contributed by atoms with Crippen molar-refractivity contribution in [2.75, 3.05) is 26.9 Å². The minimum absolute atomic E-state index is 0.0835. The zero-order valence-electron chi connectivity index (χ0n) is 11.2. The lowest BCUT2D eigenvalue weighted by molar-refractivity contribution is -0.0120. The molecule has 8 heteroatoms. The Morgan fingerprint density at radius 1 is 1.55 bits per heavy atom. The molecule has 0 bridgehead atoms. The van der Waals surface area contributed by atoms with E-state index in [2.05, 4.69) is 9.71 Å². The van der Waals surface area contributed by atoms with Gasteiger partial charge in [0, 0.05) is 32.9 Å². The Morgan fingerprint density at radius 3 is 2.85 bits per heavy atom. The number of aromatic nitrogens is 1. The topological polar surface area (TPSA) is 97.8 Å². The van der Waals surface area contributed by atoms with E-state index in [1.54, 1.807) is 0 Å². The number of nitrogens with one attached hydrogen (secondary N) is 1. The van der Waals surface area contributed by atoms with E-state index in [1.165, 1.54) is 25.4 Å². The highest BCUT2D eigenvalue weighted by atomic mass is 32.2. The van der Waals surface area contributed by atoms with Crippen molar-refractivity contribution in [1.29, 1.82) is 0 Å². The summed E-state index contributed by atoms with van der Waals surface area (Å²) in [5, 5.41) is 8.83. The first kappa shape index (κ1) is 15.3. The lowest BCUT2D eigenvalue weighted by atomic mass is 10.0. The zero-order valence-corrected chi connectivity index (χ0v) is 12.0. The lowest BCUT2D eigenvalue weighted by Crippen LogP contribution is -2.45. The summed E-state index contributed by atoms with van der Waals surface area (Å²) in [6.07, 6.45) is 1.97. The Kier molecular flexibility index (Phi) is 4.71. The van der Waals surface area contributed by atoms with Gasteiger partial charge in [0.15, 0.2) is 5.03 Å². The van der Waals surface area contributed by atoms with Gasteiger partial charge in [0.2, 0.25) is 0 Å². The summed E-state index contributed by atoms with van der Waals surface area (Å²) in [5.41, 5.74) is -0.0560. The van der Waals surface area contributed by atoms with Gasteiger partial charge in [-0.25, -0.2) is 18.1 Å². The number of pyridine rings is 1. The molecule has 7 nitrogen and oxygen atoms in total. The molecule has 0 saturated carbocycles. The van der Waals surface area contributed by atoms with Crippen molar-refractivity contribution in [2.45, 2.75) is 23.7 Å². The van der Waals surface area contributed by atoms with Crippen molar-refractivity contribution >= 4 is 10.0 Å². The number of aliphatic hydroxyl groups excluding tert-OH is 1. The summed E-state index contributed by atoms with van der Waals surface area (Å²) in [6, 6.07) is 2.88. The summed E-state index contributed by atoms with van der Waals surface area (Å²) in [7, 11) is -2.16. The molecule has 1 aliphatic heterocycles. The number of aliphatic hydroxyl groups is 1. The molecule has 1 aromatic heterocycles. The second-order valence-corrected chi connectivity index (χ2v) is 6.39. The number of nitrogens with zero attached hydrogens (tertiary/aromatic N) is 1. The van der Waals surface area contributed by atoms with Crippen LogP contribution in [0.25, 0.3) is 0 Å². The highest BCUT2D eigenvalue weighted by molar-refractivity contribution is 7.89. The van der Waals surface area contributed by atoms with Gasteiger partial charge in [-0.15, -0.1) is 0 Å². The van der Waals surface area contributed by atoms with Crippen LogP contribution in [-0.4, -0.2) is 51.0 Å². The van der Waals surface area contributed by atoms with Crippen LogP contribution in [0.4, 0.5) is 0 Å². The van der Waals surface area contributed by atoms with E-state index in [1.807, 2.05) is 0 Å². The third kappa shape index (κ3) is 3.33. The van der Waals surface area contributed by atoms with Crippen molar-refractivity contribution < 1.29 is 23.0 Å². The summed E-state index contributed by atoms with van der Waals surface area (Å²) < 4.78 is 37.3. The number of rotatable bonds is 6. The molecule has 0 aliphatic carbocycles. The van der Waals surface area contributed by atoms with E-state index in [-0.39, 0.29) is 18.2 Å². The SMILES string of the molecule is COC1(CNS(=O)(=O)c2ccc(CO)cn2)CCOC1. The van der Waals surface area contributed by atoms with Gasteiger partial charge in [-0.2, -0.15) is 0 Å². The fourth-order valence-corrected chi connectivity index (χ4v) is 2.96. The van der Waals surface area contributed by atoms with Gasteiger partial charge in [0.1, 0.15) is 5.60 Å². The predicted molar refractivity (Wildman–Crippen MR) is 70.5 cm³/mol. The molecule has 1 saturated heterocycles.